The molecule has 0 aromatic rings. The summed E-state index contributed by atoms with van der Waals surface area (Å²) < 4.78 is 0. The van der Waals surface area contributed by atoms with Crippen LogP contribution in [-0.2, 0) is 4.79 Å². The molecule has 1 aliphatic heterocycles. The summed E-state index contributed by atoms with van der Waals surface area (Å²) in [6.45, 7) is 13.6. The Morgan fingerprint density at radius 1 is 1.40 bits per heavy atom. The SMILES string of the molecule is C=C(NCC1=CC(/C(=C\C)NC(=O)/C=C(\C)C2=CCCN=C2)=C(Cl)C=CC1)C(C)C. The van der Waals surface area contributed by atoms with E-state index >= 15 is 0 Å². The predicted octanol–water partition coefficient (Wildman–Crippen LogP) is 5.49. The normalized spacial score (nSPS) is 17.5. The van der Waals surface area contributed by atoms with Crippen molar-refractivity contribution in [2.45, 2.75) is 40.5 Å². The first-order valence-electron chi connectivity index (χ1n) is 10.4. The summed E-state index contributed by atoms with van der Waals surface area (Å²) in [7, 11) is 0. The van der Waals surface area contributed by atoms with E-state index in [2.05, 4.69) is 42.1 Å². The van der Waals surface area contributed by atoms with E-state index in [-0.39, 0.29) is 5.91 Å². The predicted molar refractivity (Wildman–Crippen MR) is 128 cm³/mol. The van der Waals surface area contributed by atoms with Crippen LogP contribution in [0.15, 0.2) is 86.7 Å². The molecule has 4 nitrogen and oxygen atoms in total. The molecule has 0 aromatic heterocycles. The first kappa shape index (κ1) is 23.7. The molecule has 1 aliphatic carbocycles. The number of nitrogens with one attached hydrogen (secondary N) is 2. The highest BCUT2D eigenvalue weighted by Crippen LogP contribution is 2.25. The first-order chi connectivity index (χ1) is 14.3. The largest absolute Gasteiger partial charge is 0.385 e. The van der Waals surface area contributed by atoms with E-state index < -0.39 is 0 Å². The second-order valence-electron chi connectivity index (χ2n) is 7.71. The van der Waals surface area contributed by atoms with E-state index in [4.69, 9.17) is 11.6 Å². The van der Waals surface area contributed by atoms with Crippen molar-refractivity contribution in [1.82, 2.24) is 10.6 Å². The molecule has 2 aliphatic rings. The van der Waals surface area contributed by atoms with E-state index in [0.717, 1.165) is 41.8 Å². The minimum absolute atomic E-state index is 0.188. The Bertz CT molecular complexity index is 895. The van der Waals surface area contributed by atoms with E-state index in [1.165, 1.54) is 5.57 Å². The average Bonchev–Trinajstić information content (AvgIpc) is 2.92. The Kier molecular flexibility index (Phi) is 9.13. The molecule has 0 bridgehead atoms. The minimum Gasteiger partial charge on any atom is -0.385 e. The van der Waals surface area contributed by atoms with Gasteiger partial charge in [-0.15, -0.1) is 0 Å². The number of carbonyl (C=O) groups excluding carboxylic acids is 1. The molecule has 0 atom stereocenters. The number of nitrogens with zero attached hydrogens (tertiary/aromatic N) is 1. The molecule has 0 radical (unpaired) electrons. The lowest BCUT2D eigenvalue weighted by Gasteiger charge is -2.15. The van der Waals surface area contributed by atoms with Gasteiger partial charge < -0.3 is 10.6 Å². The molecular formula is C25H32ClN3O. The summed E-state index contributed by atoms with van der Waals surface area (Å²) in [4.78, 5) is 16.9. The molecule has 1 heterocycles. The monoisotopic (exact) mass is 425 g/mol. The number of aliphatic imine (C=N–C) groups is 1. The van der Waals surface area contributed by atoms with Crippen LogP contribution in [0.3, 0.4) is 0 Å². The lowest BCUT2D eigenvalue weighted by atomic mass is 10.0. The number of hydrogen-bond acceptors (Lipinski definition) is 3. The van der Waals surface area contributed by atoms with Gasteiger partial charge in [-0.3, -0.25) is 9.79 Å². The molecule has 0 aromatic carbocycles. The maximum atomic E-state index is 12.6. The van der Waals surface area contributed by atoms with Crippen molar-refractivity contribution < 1.29 is 4.79 Å². The highest BCUT2D eigenvalue weighted by atomic mass is 35.5. The topological polar surface area (TPSA) is 53.5 Å². The number of carbonyl (C=O) groups is 1. The summed E-state index contributed by atoms with van der Waals surface area (Å²) >= 11 is 6.53. The number of hydrogen-bond donors (Lipinski definition) is 2. The van der Waals surface area contributed by atoms with E-state index in [9.17, 15) is 4.79 Å². The van der Waals surface area contributed by atoms with Gasteiger partial charge in [0.2, 0.25) is 5.91 Å². The van der Waals surface area contributed by atoms with Crippen LogP contribution in [0.1, 0.15) is 40.5 Å². The van der Waals surface area contributed by atoms with Crippen molar-refractivity contribution >= 4 is 23.7 Å². The third-order valence-corrected chi connectivity index (χ3v) is 5.31. The molecule has 1 amide bonds. The summed E-state index contributed by atoms with van der Waals surface area (Å²) in [5.41, 5.74) is 5.54. The van der Waals surface area contributed by atoms with Crippen LogP contribution in [0.4, 0.5) is 0 Å². The first-order valence-corrected chi connectivity index (χ1v) is 10.7. The summed E-state index contributed by atoms with van der Waals surface area (Å²) in [6.07, 6.45) is 15.1. The lowest BCUT2D eigenvalue weighted by molar-refractivity contribution is -0.115. The van der Waals surface area contributed by atoms with Crippen LogP contribution in [0.2, 0.25) is 0 Å². The number of amides is 1. The lowest BCUT2D eigenvalue weighted by Crippen LogP contribution is -2.23. The summed E-state index contributed by atoms with van der Waals surface area (Å²) in [6, 6.07) is 0. The van der Waals surface area contributed by atoms with Crippen molar-refractivity contribution in [3.05, 3.63) is 81.8 Å². The zero-order valence-electron chi connectivity index (χ0n) is 18.4. The van der Waals surface area contributed by atoms with Crippen LogP contribution < -0.4 is 10.6 Å². The molecule has 160 valence electrons. The van der Waals surface area contributed by atoms with Gasteiger partial charge in [0, 0.05) is 47.4 Å². The van der Waals surface area contributed by atoms with Gasteiger partial charge in [0.15, 0.2) is 0 Å². The van der Waals surface area contributed by atoms with E-state index in [1.807, 2.05) is 44.4 Å². The average molecular weight is 426 g/mol. The number of rotatable bonds is 8. The van der Waals surface area contributed by atoms with Crippen LogP contribution in [0.5, 0.6) is 0 Å². The standard InChI is InChI=1S/C25H32ClN3O/c1-6-24(29-25(30)13-18(4)21-10-8-12-27-16-21)22-14-20(9-7-11-23(22)26)15-28-19(5)17(2)3/h6-7,10-11,13-14,16-17,28H,5,8-9,12,15H2,1-4H3,(H,29,30)/b18-13+,24-6+. The van der Waals surface area contributed by atoms with Gasteiger partial charge >= 0.3 is 0 Å². The molecule has 0 saturated carbocycles. The molecule has 0 unspecified atom stereocenters. The third kappa shape index (κ3) is 7.03. The van der Waals surface area contributed by atoms with E-state index in [0.29, 0.717) is 23.2 Å². The molecule has 0 fully saturated rings. The van der Waals surface area contributed by atoms with Gasteiger partial charge in [-0.25, -0.2) is 0 Å². The Labute approximate surface area is 185 Å². The molecule has 0 spiro atoms. The van der Waals surface area contributed by atoms with Crippen LogP contribution >= 0.6 is 11.6 Å². The fourth-order valence-electron chi connectivity index (χ4n) is 3.01. The quantitative estimate of drug-likeness (QED) is 0.505. The van der Waals surface area contributed by atoms with Gasteiger partial charge in [-0.2, -0.15) is 0 Å². The second-order valence-corrected chi connectivity index (χ2v) is 8.11. The smallest absolute Gasteiger partial charge is 0.248 e. The molecule has 0 saturated heterocycles. The zero-order chi connectivity index (χ0) is 22.1. The van der Waals surface area contributed by atoms with Gasteiger partial charge in [0.25, 0.3) is 0 Å². The molecular weight excluding hydrogens is 394 g/mol. The number of allylic oxidation sites excluding steroid dienone is 8. The van der Waals surface area contributed by atoms with Crippen LogP contribution in [0.25, 0.3) is 0 Å². The number of halogens is 1. The fourth-order valence-corrected chi connectivity index (χ4v) is 3.26. The number of dihydropyridines is 1. The molecule has 30 heavy (non-hydrogen) atoms. The minimum atomic E-state index is -0.188. The Morgan fingerprint density at radius 3 is 2.80 bits per heavy atom. The van der Waals surface area contributed by atoms with Crippen molar-refractivity contribution in [2.24, 2.45) is 10.9 Å². The van der Waals surface area contributed by atoms with E-state index in [1.54, 1.807) is 6.08 Å². The van der Waals surface area contributed by atoms with Gasteiger partial charge in [-0.1, -0.05) is 56.3 Å². The fraction of sp³-hybridized carbons (Fsp3) is 0.360. The highest BCUT2D eigenvalue weighted by molar-refractivity contribution is 6.32. The van der Waals surface area contributed by atoms with Gasteiger partial charge in [-0.05, 0) is 55.4 Å². The van der Waals surface area contributed by atoms with Gasteiger partial charge in [0.05, 0.1) is 0 Å². The maximum absolute atomic E-state index is 12.6. The molecule has 2 rings (SSSR count). The van der Waals surface area contributed by atoms with Crippen LogP contribution in [-0.4, -0.2) is 25.2 Å². The van der Waals surface area contributed by atoms with Crippen molar-refractivity contribution in [3.63, 3.8) is 0 Å². The highest BCUT2D eigenvalue weighted by Gasteiger charge is 2.13. The Hall–Kier alpha value is -2.59. The van der Waals surface area contributed by atoms with Gasteiger partial charge in [0.1, 0.15) is 0 Å². The second kappa shape index (κ2) is 11.6. The molecule has 5 heteroatoms. The van der Waals surface area contributed by atoms with Crippen molar-refractivity contribution in [1.29, 1.82) is 0 Å². The Balaban J connectivity index is 2.16. The van der Waals surface area contributed by atoms with Crippen LogP contribution in [0, 0.1) is 5.92 Å². The molecule has 2 N–H and O–H groups in total. The zero-order valence-corrected chi connectivity index (χ0v) is 19.1. The van der Waals surface area contributed by atoms with Crippen molar-refractivity contribution in [3.8, 4) is 0 Å². The third-order valence-electron chi connectivity index (χ3n) is 4.98. The Morgan fingerprint density at radius 2 is 2.17 bits per heavy atom. The maximum Gasteiger partial charge on any atom is 0.248 e. The van der Waals surface area contributed by atoms with Crippen molar-refractivity contribution in [2.75, 3.05) is 13.1 Å². The summed E-state index contributed by atoms with van der Waals surface area (Å²) in [5, 5.41) is 6.96. The summed E-state index contributed by atoms with van der Waals surface area (Å²) in [5.74, 6) is 0.183.